The molecule has 1 saturated heterocycles. The van der Waals surface area contributed by atoms with E-state index in [-0.39, 0.29) is 69.0 Å². The fourth-order valence-corrected chi connectivity index (χ4v) is 3.34. The molecule has 0 aliphatic carbocycles. The first-order chi connectivity index (χ1) is 12.1. The second-order valence-corrected chi connectivity index (χ2v) is 6.54. The number of benzene rings is 1. The number of esters is 1. The maximum absolute atomic E-state index is 12.3. The van der Waals surface area contributed by atoms with Gasteiger partial charge in [-0.05, 0) is 5.56 Å². The number of carbonyl (C=O) groups is 4. The van der Waals surface area contributed by atoms with Crippen LogP contribution in [0.15, 0.2) is 30.3 Å². The Hall–Kier alpha value is -0.990. The third-order valence-corrected chi connectivity index (χ3v) is 4.59. The first kappa shape index (κ1) is 27.0. The summed E-state index contributed by atoms with van der Waals surface area (Å²) in [6.45, 7) is 0. The minimum atomic E-state index is -5.06. The van der Waals surface area contributed by atoms with Crippen LogP contribution in [0, 0.1) is 0 Å². The normalized spacial score (nSPS) is 19.2. The number of nitrogens with zero attached hydrogens (tertiary/aromatic N) is 1. The second-order valence-electron chi connectivity index (χ2n) is 5.25. The molecule has 1 aliphatic heterocycles. The molecule has 1 fully saturated rings. The fourth-order valence-electron chi connectivity index (χ4n) is 2.50. The number of methoxy groups -OCH3 is 1. The number of nitrogens with one attached hydrogen (secondary N) is 1. The standard InChI is InChI=1S/C14H14N2O9S.2Na.2H/c1-25-14(21)10-9(12(18)16(10)26(22,23)24)15-11(17)8(13(19)20)7-5-3-2-4-6-7;;;;/h2-6,8-10H,1H3,(H,15,17)(H,19,20)(H,22,23,24);;;;. The number of carbonyl (C=O) groups excluding carboxylic acids is 3. The molecule has 144 valence electrons. The number of β-lactam (4-membered cyclic amide) rings is 1. The number of carboxylic acids is 1. The van der Waals surface area contributed by atoms with Crippen molar-refractivity contribution in [3.05, 3.63) is 35.9 Å². The fraction of sp³-hybridized carbons (Fsp3) is 0.286. The summed E-state index contributed by atoms with van der Waals surface area (Å²) in [7, 11) is -4.15. The van der Waals surface area contributed by atoms with Crippen molar-refractivity contribution >= 4 is 93.2 Å². The van der Waals surface area contributed by atoms with Crippen LogP contribution in [-0.2, 0) is 34.2 Å². The van der Waals surface area contributed by atoms with Gasteiger partial charge in [-0.1, -0.05) is 30.3 Å². The van der Waals surface area contributed by atoms with E-state index in [9.17, 15) is 32.7 Å². The van der Waals surface area contributed by atoms with E-state index < -0.39 is 52.1 Å². The number of ether oxygens (including phenoxy) is 1. The van der Waals surface area contributed by atoms with E-state index in [0.717, 1.165) is 7.11 Å². The van der Waals surface area contributed by atoms with E-state index in [4.69, 9.17) is 4.55 Å². The Kier molecular flexibility index (Phi) is 10.3. The van der Waals surface area contributed by atoms with Crippen LogP contribution >= 0.6 is 0 Å². The van der Waals surface area contributed by atoms with Gasteiger partial charge in [-0.3, -0.25) is 18.9 Å². The van der Waals surface area contributed by atoms with Gasteiger partial charge in [-0.15, -0.1) is 0 Å². The summed E-state index contributed by atoms with van der Waals surface area (Å²) >= 11 is 0. The Morgan fingerprint density at radius 2 is 1.71 bits per heavy atom. The predicted octanol–water partition coefficient (Wildman–Crippen LogP) is -2.77. The Morgan fingerprint density at radius 3 is 2.14 bits per heavy atom. The van der Waals surface area contributed by atoms with Crippen LogP contribution in [0.25, 0.3) is 0 Å². The third kappa shape index (κ3) is 5.54. The molecule has 0 saturated carbocycles. The summed E-state index contributed by atoms with van der Waals surface area (Å²) < 4.78 is 35.6. The van der Waals surface area contributed by atoms with Crippen molar-refractivity contribution in [1.29, 1.82) is 0 Å². The molecular formula is C14H16N2Na2O9S. The molecule has 1 aromatic carbocycles. The number of aliphatic carboxylic acids is 1. The molecule has 1 aromatic rings. The molecule has 28 heavy (non-hydrogen) atoms. The molecule has 3 N–H and O–H groups in total. The zero-order valence-corrected chi connectivity index (χ0v) is 14.0. The quantitative estimate of drug-likeness (QED) is 0.141. The molecule has 0 aromatic heterocycles. The van der Waals surface area contributed by atoms with E-state index in [1.165, 1.54) is 24.3 Å². The zero-order valence-electron chi connectivity index (χ0n) is 13.2. The molecule has 14 heteroatoms. The van der Waals surface area contributed by atoms with Gasteiger partial charge in [-0.2, -0.15) is 12.7 Å². The molecule has 1 aliphatic rings. The Balaban J connectivity index is 0.00000364. The summed E-state index contributed by atoms with van der Waals surface area (Å²) in [6.07, 6.45) is 0. The molecule has 2 amide bonds. The topological polar surface area (TPSA) is 167 Å². The van der Waals surface area contributed by atoms with Crippen molar-refractivity contribution in [2.75, 3.05) is 7.11 Å². The first-order valence-corrected chi connectivity index (χ1v) is 8.46. The van der Waals surface area contributed by atoms with Crippen molar-refractivity contribution in [1.82, 2.24) is 9.62 Å². The number of amides is 2. The van der Waals surface area contributed by atoms with Gasteiger partial charge < -0.3 is 15.2 Å². The Labute approximate surface area is 204 Å². The molecule has 0 radical (unpaired) electrons. The molecule has 3 atom stereocenters. The number of rotatable bonds is 6. The van der Waals surface area contributed by atoms with E-state index in [1.54, 1.807) is 6.07 Å². The summed E-state index contributed by atoms with van der Waals surface area (Å²) in [5, 5.41) is 11.3. The van der Waals surface area contributed by atoms with Gasteiger partial charge in [0.2, 0.25) is 5.91 Å². The zero-order chi connectivity index (χ0) is 19.6. The number of hydrogen-bond acceptors (Lipinski definition) is 7. The molecule has 3 unspecified atom stereocenters. The summed E-state index contributed by atoms with van der Waals surface area (Å²) in [5.74, 6) is -6.85. The van der Waals surface area contributed by atoms with Crippen LogP contribution < -0.4 is 5.32 Å². The van der Waals surface area contributed by atoms with Crippen LogP contribution in [-0.4, -0.2) is 124 Å². The monoisotopic (exact) mass is 434 g/mol. The van der Waals surface area contributed by atoms with E-state index in [1.807, 2.05) is 5.32 Å². The van der Waals surface area contributed by atoms with E-state index in [2.05, 4.69) is 4.74 Å². The molecule has 0 spiro atoms. The van der Waals surface area contributed by atoms with Crippen molar-refractivity contribution in [3.8, 4) is 0 Å². The van der Waals surface area contributed by atoms with Crippen LogP contribution in [0.5, 0.6) is 0 Å². The van der Waals surface area contributed by atoms with Gasteiger partial charge in [-0.25, -0.2) is 4.79 Å². The van der Waals surface area contributed by atoms with Crippen molar-refractivity contribution < 1.29 is 42.0 Å². The van der Waals surface area contributed by atoms with Gasteiger partial charge in [0.1, 0.15) is 6.04 Å². The van der Waals surface area contributed by atoms with Crippen LogP contribution in [0.1, 0.15) is 11.5 Å². The van der Waals surface area contributed by atoms with E-state index in [0.29, 0.717) is 0 Å². The van der Waals surface area contributed by atoms with Crippen molar-refractivity contribution in [2.24, 2.45) is 0 Å². The minimum absolute atomic E-state index is 0. The number of hydrogen-bond donors (Lipinski definition) is 3. The van der Waals surface area contributed by atoms with Crippen LogP contribution in [0.3, 0.4) is 0 Å². The van der Waals surface area contributed by atoms with E-state index >= 15 is 0 Å². The summed E-state index contributed by atoms with van der Waals surface area (Å²) in [6, 6.07) is 3.84. The molecular weight excluding hydrogens is 418 g/mol. The Bertz CT molecular complexity index is 863. The summed E-state index contributed by atoms with van der Waals surface area (Å²) in [5.41, 5.74) is 0.116. The molecule has 2 rings (SSSR count). The van der Waals surface area contributed by atoms with Crippen LogP contribution in [0.2, 0.25) is 0 Å². The van der Waals surface area contributed by atoms with Gasteiger partial charge in [0.15, 0.2) is 12.0 Å². The van der Waals surface area contributed by atoms with Gasteiger partial charge in [0.25, 0.3) is 5.91 Å². The SMILES string of the molecule is COC(=O)C1C(NC(=O)C(C(=O)O)c2ccccc2)C(=O)N1S(=O)(=O)O.[NaH].[NaH]. The second kappa shape index (κ2) is 10.7. The first-order valence-electron chi connectivity index (χ1n) is 7.06. The predicted molar refractivity (Wildman–Crippen MR) is 97.2 cm³/mol. The third-order valence-electron chi connectivity index (χ3n) is 3.68. The number of carboxylic acid groups (broad SMARTS) is 1. The van der Waals surface area contributed by atoms with Gasteiger partial charge in [0, 0.05) is 0 Å². The molecule has 1 heterocycles. The molecule has 0 bridgehead atoms. The average molecular weight is 434 g/mol. The van der Waals surface area contributed by atoms with Crippen molar-refractivity contribution in [2.45, 2.75) is 18.0 Å². The van der Waals surface area contributed by atoms with Crippen LogP contribution in [0.4, 0.5) is 0 Å². The Morgan fingerprint density at radius 1 is 1.18 bits per heavy atom. The summed E-state index contributed by atoms with van der Waals surface area (Å²) in [4.78, 5) is 47.4. The van der Waals surface area contributed by atoms with Gasteiger partial charge >= 0.3 is 81.4 Å². The van der Waals surface area contributed by atoms with Crippen molar-refractivity contribution in [3.63, 3.8) is 0 Å². The molecule has 11 nitrogen and oxygen atoms in total. The average Bonchev–Trinajstić information content (AvgIpc) is 2.56. The maximum atomic E-state index is 12.3. The van der Waals surface area contributed by atoms with Gasteiger partial charge in [0.05, 0.1) is 7.11 Å².